The molecule has 0 aliphatic rings. The maximum absolute atomic E-state index is 12.0. The topological polar surface area (TPSA) is 78.9 Å². The van der Waals surface area contributed by atoms with E-state index in [0.29, 0.717) is 24.4 Å². The van der Waals surface area contributed by atoms with Gasteiger partial charge in [-0.15, -0.1) is 0 Å². The Hall–Kier alpha value is -2.04. The molecule has 0 heterocycles. The Bertz CT molecular complexity index is 484. The summed E-state index contributed by atoms with van der Waals surface area (Å²) in [5.41, 5.74) is 7.15. The number of hydrogen-bond acceptors (Lipinski definition) is 3. The van der Waals surface area contributed by atoms with Gasteiger partial charge in [0.05, 0.1) is 0 Å². The van der Waals surface area contributed by atoms with Crippen LogP contribution in [0.5, 0.6) is 0 Å². The van der Waals surface area contributed by atoms with Crippen molar-refractivity contribution in [2.45, 2.75) is 33.2 Å². The van der Waals surface area contributed by atoms with Gasteiger partial charge in [0, 0.05) is 25.6 Å². The molecule has 3 N–H and O–H groups in total. The maximum Gasteiger partial charge on any atom is 0.222 e. The van der Waals surface area contributed by atoms with E-state index < -0.39 is 0 Å². The predicted molar refractivity (Wildman–Crippen MR) is 79.5 cm³/mol. The smallest absolute Gasteiger partial charge is 0.222 e. The first-order valence-electron chi connectivity index (χ1n) is 6.74. The van der Waals surface area contributed by atoms with Gasteiger partial charge in [-0.25, -0.2) is 0 Å². The molecular formula is C15H23N3O2. The fourth-order valence-electron chi connectivity index (χ4n) is 1.85. The van der Waals surface area contributed by atoms with Crippen LogP contribution in [0.2, 0.25) is 0 Å². The summed E-state index contributed by atoms with van der Waals surface area (Å²) < 4.78 is 0. The van der Waals surface area contributed by atoms with Crippen molar-refractivity contribution >= 4 is 11.7 Å². The van der Waals surface area contributed by atoms with Crippen LogP contribution in [0.4, 0.5) is 0 Å². The van der Waals surface area contributed by atoms with E-state index >= 15 is 0 Å². The minimum atomic E-state index is 0.0700. The molecule has 110 valence electrons. The largest absolute Gasteiger partial charge is 0.409 e. The number of amides is 1. The number of hydrogen-bond donors (Lipinski definition) is 2. The van der Waals surface area contributed by atoms with Crippen LogP contribution in [-0.4, -0.2) is 28.9 Å². The van der Waals surface area contributed by atoms with E-state index in [-0.39, 0.29) is 11.7 Å². The van der Waals surface area contributed by atoms with Gasteiger partial charge in [0.25, 0.3) is 0 Å². The molecule has 0 unspecified atom stereocenters. The number of rotatable bonds is 6. The summed E-state index contributed by atoms with van der Waals surface area (Å²) in [6.07, 6.45) is 1.46. The van der Waals surface area contributed by atoms with Crippen LogP contribution in [0.25, 0.3) is 0 Å². The van der Waals surface area contributed by atoms with Crippen LogP contribution in [0.3, 0.4) is 0 Å². The molecule has 1 aromatic carbocycles. The van der Waals surface area contributed by atoms with Gasteiger partial charge >= 0.3 is 0 Å². The zero-order chi connectivity index (χ0) is 15.1. The van der Waals surface area contributed by atoms with Gasteiger partial charge in [0.15, 0.2) is 5.84 Å². The van der Waals surface area contributed by atoms with Crippen LogP contribution in [0.1, 0.15) is 37.8 Å². The molecule has 0 radical (unpaired) electrons. The van der Waals surface area contributed by atoms with Gasteiger partial charge in [0.2, 0.25) is 5.91 Å². The molecule has 20 heavy (non-hydrogen) atoms. The standard InChI is InChI=1S/C15H23N3O2/c1-11(2)7-8-14(19)18(3)10-12-5-4-6-13(9-12)15(16)17-20/h4-6,9,11,20H,7-8,10H2,1-3H3,(H2,16,17). The fraction of sp³-hybridized carbons (Fsp3) is 0.467. The van der Waals surface area contributed by atoms with Crippen molar-refractivity contribution in [1.82, 2.24) is 4.90 Å². The average molecular weight is 277 g/mol. The average Bonchev–Trinajstić information content (AvgIpc) is 2.43. The molecule has 5 nitrogen and oxygen atoms in total. The molecular weight excluding hydrogens is 254 g/mol. The molecule has 0 aliphatic carbocycles. The van der Waals surface area contributed by atoms with E-state index in [9.17, 15) is 4.79 Å². The quantitative estimate of drug-likeness (QED) is 0.362. The predicted octanol–water partition coefficient (Wildman–Crippen LogP) is 2.18. The molecule has 0 saturated heterocycles. The number of nitrogens with zero attached hydrogens (tertiary/aromatic N) is 2. The molecule has 1 amide bonds. The Balaban J connectivity index is 2.66. The molecule has 0 saturated carbocycles. The number of amidine groups is 1. The summed E-state index contributed by atoms with van der Waals surface area (Å²) in [7, 11) is 1.79. The van der Waals surface area contributed by atoms with Gasteiger partial charge < -0.3 is 15.8 Å². The van der Waals surface area contributed by atoms with Crippen molar-refractivity contribution in [1.29, 1.82) is 0 Å². The van der Waals surface area contributed by atoms with E-state index in [1.165, 1.54) is 0 Å². The highest BCUT2D eigenvalue weighted by Gasteiger charge is 2.10. The SMILES string of the molecule is CC(C)CCC(=O)N(C)Cc1cccc(C(N)=NO)c1. The monoisotopic (exact) mass is 277 g/mol. The second kappa shape index (κ2) is 7.53. The summed E-state index contributed by atoms with van der Waals surface area (Å²) in [6, 6.07) is 7.33. The Labute approximate surface area is 120 Å². The Morgan fingerprint density at radius 2 is 2.15 bits per heavy atom. The molecule has 0 fully saturated rings. The molecule has 1 rings (SSSR count). The normalized spacial score (nSPS) is 11.7. The summed E-state index contributed by atoms with van der Waals surface area (Å²) in [5, 5.41) is 11.6. The van der Waals surface area contributed by atoms with Crippen LogP contribution in [0.15, 0.2) is 29.4 Å². The van der Waals surface area contributed by atoms with E-state index in [2.05, 4.69) is 19.0 Å². The van der Waals surface area contributed by atoms with Crippen molar-refractivity contribution in [3.8, 4) is 0 Å². The Morgan fingerprint density at radius 1 is 1.45 bits per heavy atom. The number of carbonyl (C=O) groups is 1. The fourth-order valence-corrected chi connectivity index (χ4v) is 1.85. The lowest BCUT2D eigenvalue weighted by Crippen LogP contribution is -2.26. The van der Waals surface area contributed by atoms with Gasteiger partial charge in [-0.3, -0.25) is 4.79 Å². The molecule has 0 atom stereocenters. The van der Waals surface area contributed by atoms with Crippen LogP contribution in [-0.2, 0) is 11.3 Å². The highest BCUT2D eigenvalue weighted by atomic mass is 16.4. The van der Waals surface area contributed by atoms with Crippen LogP contribution < -0.4 is 5.73 Å². The lowest BCUT2D eigenvalue weighted by Gasteiger charge is -2.18. The van der Waals surface area contributed by atoms with Crippen molar-refractivity contribution < 1.29 is 10.0 Å². The van der Waals surface area contributed by atoms with Crippen molar-refractivity contribution in [2.75, 3.05) is 7.05 Å². The lowest BCUT2D eigenvalue weighted by atomic mass is 10.1. The third kappa shape index (κ3) is 4.91. The molecule has 0 bridgehead atoms. The van der Waals surface area contributed by atoms with Crippen molar-refractivity contribution in [3.05, 3.63) is 35.4 Å². The lowest BCUT2D eigenvalue weighted by molar-refractivity contribution is -0.130. The summed E-state index contributed by atoms with van der Waals surface area (Å²) >= 11 is 0. The van der Waals surface area contributed by atoms with Crippen LogP contribution >= 0.6 is 0 Å². The second-order valence-corrected chi connectivity index (χ2v) is 5.37. The maximum atomic E-state index is 12.0. The van der Waals surface area contributed by atoms with E-state index in [4.69, 9.17) is 10.9 Å². The third-order valence-electron chi connectivity index (χ3n) is 3.11. The first kappa shape index (κ1) is 16.0. The molecule has 5 heteroatoms. The minimum Gasteiger partial charge on any atom is -0.409 e. The van der Waals surface area contributed by atoms with Gasteiger partial charge in [-0.1, -0.05) is 37.2 Å². The van der Waals surface area contributed by atoms with E-state index in [1.54, 1.807) is 18.0 Å². The third-order valence-corrected chi connectivity index (χ3v) is 3.11. The Morgan fingerprint density at radius 3 is 2.75 bits per heavy atom. The first-order chi connectivity index (χ1) is 9.43. The number of nitrogens with two attached hydrogens (primary N) is 1. The molecule has 0 aliphatic heterocycles. The second-order valence-electron chi connectivity index (χ2n) is 5.37. The first-order valence-corrected chi connectivity index (χ1v) is 6.74. The zero-order valence-electron chi connectivity index (χ0n) is 12.3. The summed E-state index contributed by atoms with van der Waals surface area (Å²) in [6.45, 7) is 4.73. The number of benzene rings is 1. The van der Waals surface area contributed by atoms with E-state index in [0.717, 1.165) is 12.0 Å². The molecule has 0 aromatic heterocycles. The summed E-state index contributed by atoms with van der Waals surface area (Å²) in [5.74, 6) is 0.727. The van der Waals surface area contributed by atoms with E-state index in [1.807, 2.05) is 18.2 Å². The van der Waals surface area contributed by atoms with Crippen molar-refractivity contribution in [3.63, 3.8) is 0 Å². The highest BCUT2D eigenvalue weighted by Crippen LogP contribution is 2.10. The van der Waals surface area contributed by atoms with Gasteiger partial charge in [0.1, 0.15) is 0 Å². The van der Waals surface area contributed by atoms with Crippen LogP contribution in [0, 0.1) is 5.92 Å². The highest BCUT2D eigenvalue weighted by molar-refractivity contribution is 5.97. The number of oxime groups is 1. The minimum absolute atomic E-state index is 0.0700. The summed E-state index contributed by atoms with van der Waals surface area (Å²) in [4.78, 5) is 13.7. The van der Waals surface area contributed by atoms with Gasteiger partial charge in [-0.2, -0.15) is 0 Å². The van der Waals surface area contributed by atoms with Gasteiger partial charge in [-0.05, 0) is 24.0 Å². The van der Waals surface area contributed by atoms with Crippen molar-refractivity contribution in [2.24, 2.45) is 16.8 Å². The zero-order valence-corrected chi connectivity index (χ0v) is 12.3. The molecule has 0 spiro atoms. The number of carbonyl (C=O) groups excluding carboxylic acids is 1. The Kier molecular flexibility index (Phi) is 6.03. The molecule has 1 aromatic rings.